The third-order valence-corrected chi connectivity index (χ3v) is 19.2. The van der Waals surface area contributed by atoms with E-state index in [-0.39, 0.29) is 0 Å². The summed E-state index contributed by atoms with van der Waals surface area (Å²) in [7, 11) is 0. The second-order valence-corrected chi connectivity index (χ2v) is 23.9. The Morgan fingerprint density at radius 1 is 0.352 bits per heavy atom. The van der Waals surface area contributed by atoms with Crippen molar-refractivity contribution in [2.75, 3.05) is 4.90 Å². The van der Waals surface area contributed by atoms with Crippen molar-refractivity contribution in [1.29, 1.82) is 0 Å². The zero-order valence-electron chi connectivity index (χ0n) is 48.2. The Balaban J connectivity index is 0.908. The lowest BCUT2D eigenvalue weighted by Crippen LogP contribution is -2.23. The summed E-state index contributed by atoms with van der Waals surface area (Å²) in [5, 5.41) is 10.0. The van der Waals surface area contributed by atoms with Gasteiger partial charge in [-0.3, -0.25) is 0 Å². The summed E-state index contributed by atoms with van der Waals surface area (Å²) in [6.45, 7) is 0.761. The van der Waals surface area contributed by atoms with Gasteiger partial charge in [-0.05, 0) is 114 Å². The van der Waals surface area contributed by atoms with Crippen molar-refractivity contribution in [2.24, 2.45) is 0 Å². The van der Waals surface area contributed by atoms with Gasteiger partial charge >= 0.3 is 0 Å². The van der Waals surface area contributed by atoms with Crippen LogP contribution in [0.3, 0.4) is 0 Å². The van der Waals surface area contributed by atoms with Crippen LogP contribution in [0.1, 0.15) is 34.4 Å². The molecule has 0 amide bonds. The average Bonchev–Trinajstić information content (AvgIpc) is 1.65. The van der Waals surface area contributed by atoms with Crippen molar-refractivity contribution in [3.63, 3.8) is 0 Å². The molecule has 0 radical (unpaired) electrons. The molecular formula is C82H56N6. The summed E-state index contributed by atoms with van der Waals surface area (Å²) in [5.74, 6) is 0. The Morgan fingerprint density at radius 2 is 0.920 bits per heavy atom. The summed E-state index contributed by atoms with van der Waals surface area (Å²) in [5.41, 5.74) is 26.7. The van der Waals surface area contributed by atoms with Gasteiger partial charge in [-0.25, -0.2) is 0 Å². The van der Waals surface area contributed by atoms with Crippen LogP contribution in [-0.2, 0) is 19.4 Å². The van der Waals surface area contributed by atoms with E-state index in [0.29, 0.717) is 6.42 Å². The Hall–Kier alpha value is -11.3. The van der Waals surface area contributed by atoms with E-state index in [9.17, 15) is 0 Å². The zero-order chi connectivity index (χ0) is 57.6. The van der Waals surface area contributed by atoms with Crippen LogP contribution in [0.2, 0.25) is 0 Å². The maximum Gasteiger partial charge on any atom is 0.0641 e. The molecule has 0 saturated carbocycles. The normalized spacial score (nSPS) is 14.0. The predicted octanol–water partition coefficient (Wildman–Crippen LogP) is 20.6. The molecule has 0 bridgehead atoms. The van der Waals surface area contributed by atoms with Gasteiger partial charge in [0.15, 0.2) is 0 Å². The van der Waals surface area contributed by atoms with E-state index >= 15 is 0 Å². The van der Waals surface area contributed by atoms with E-state index in [4.69, 9.17) is 0 Å². The lowest BCUT2D eigenvalue weighted by atomic mass is 9.92. The molecule has 6 heteroatoms. The summed E-state index contributed by atoms with van der Waals surface area (Å²) >= 11 is 0. The first-order valence-corrected chi connectivity index (χ1v) is 30.8. The molecule has 3 aliphatic rings. The lowest BCUT2D eigenvalue weighted by Gasteiger charge is -2.35. The largest absolute Gasteiger partial charge is 0.336 e. The van der Waals surface area contributed by atoms with Crippen molar-refractivity contribution in [3.8, 4) is 22.6 Å². The number of rotatable bonds is 7. The van der Waals surface area contributed by atoms with Crippen molar-refractivity contribution >= 4 is 116 Å². The first-order chi connectivity index (χ1) is 43.7. The molecule has 0 fully saturated rings. The van der Waals surface area contributed by atoms with Crippen LogP contribution in [0, 0.1) is 0 Å². The number of fused-ring (bicyclic) bond motifs is 20. The van der Waals surface area contributed by atoms with Crippen LogP contribution < -0.4 is 4.90 Å². The number of benzene rings is 11. The smallest absolute Gasteiger partial charge is 0.0641 e. The van der Waals surface area contributed by atoms with Gasteiger partial charge in [0.05, 0.1) is 55.7 Å². The summed E-state index contributed by atoms with van der Waals surface area (Å²) < 4.78 is 12.8. The van der Waals surface area contributed by atoms with E-state index < -0.39 is 0 Å². The molecule has 0 N–H and O–H groups in total. The molecule has 0 saturated heterocycles. The van der Waals surface area contributed by atoms with Crippen LogP contribution >= 0.6 is 0 Å². The van der Waals surface area contributed by atoms with Crippen LogP contribution in [0.4, 0.5) is 11.4 Å². The standard InChI is InChI=1S/C82H56N6/c1-4-23-53(24-5-1)52-83-70-37-17-11-30-60(70)64-45-47-75-68(80(64)83)49-54-25-10-16-36-69(54)86(75)59-50-57(84-73-40-20-14-33-66(73)78-76(84)42-22-35-63-61-31-12-18-38-71(61)87(81(63)78)55-26-6-2-7-27-55)43-44-58(51-59)85-74-41-21-15-34-67(74)79-77(85)48-46-65-62-32-13-19-39-72(62)88(82(65)79)56-28-8-3-9-29-56/h1-34,36-42,44-48,50-51H,35,43,49,52H2. The average molecular weight is 1130 g/mol. The maximum absolute atomic E-state index is 2.60. The van der Waals surface area contributed by atoms with Crippen molar-refractivity contribution in [1.82, 2.24) is 22.8 Å². The van der Waals surface area contributed by atoms with Gasteiger partial charge in [0, 0.05) is 113 Å². The van der Waals surface area contributed by atoms with Gasteiger partial charge in [0.2, 0.25) is 0 Å². The zero-order valence-corrected chi connectivity index (χ0v) is 48.2. The molecule has 414 valence electrons. The Morgan fingerprint density at radius 3 is 1.67 bits per heavy atom. The Labute approximate surface area is 508 Å². The highest BCUT2D eigenvalue weighted by molar-refractivity contribution is 6.26. The highest BCUT2D eigenvalue weighted by atomic mass is 15.2. The molecule has 11 aromatic carbocycles. The van der Waals surface area contributed by atoms with Crippen LogP contribution in [0.25, 0.3) is 127 Å². The molecule has 1 aliphatic heterocycles. The molecule has 2 aliphatic carbocycles. The first-order valence-electron chi connectivity index (χ1n) is 30.8. The number of allylic oxidation sites excluding steroid dienone is 6. The van der Waals surface area contributed by atoms with Crippen LogP contribution in [0.15, 0.2) is 291 Å². The fraction of sp³-hybridized carbons (Fsp3) is 0.0488. The minimum Gasteiger partial charge on any atom is -0.336 e. The van der Waals surface area contributed by atoms with Crippen LogP contribution in [-0.4, -0.2) is 22.8 Å². The fourth-order valence-corrected chi connectivity index (χ4v) is 15.6. The third kappa shape index (κ3) is 7.05. The van der Waals surface area contributed by atoms with Gasteiger partial charge in [0.25, 0.3) is 0 Å². The topological polar surface area (TPSA) is 27.9 Å². The molecule has 5 aromatic heterocycles. The van der Waals surface area contributed by atoms with Crippen molar-refractivity contribution < 1.29 is 0 Å². The summed E-state index contributed by atoms with van der Waals surface area (Å²) in [4.78, 5) is 2.60. The van der Waals surface area contributed by atoms with E-state index in [1.807, 2.05) is 0 Å². The van der Waals surface area contributed by atoms with Gasteiger partial charge in [-0.15, -0.1) is 0 Å². The number of hydrogen-bond acceptors (Lipinski definition) is 1. The first kappa shape index (κ1) is 49.0. The number of aromatic nitrogens is 5. The van der Waals surface area contributed by atoms with E-state index in [1.165, 1.54) is 132 Å². The Kier molecular flexibility index (Phi) is 10.6. The highest BCUT2D eigenvalue weighted by Crippen LogP contribution is 2.51. The quantitative estimate of drug-likeness (QED) is 0.156. The number of nitrogens with zero attached hydrogens (tertiary/aromatic N) is 6. The molecular weight excluding hydrogens is 1070 g/mol. The van der Waals surface area contributed by atoms with Crippen LogP contribution in [0.5, 0.6) is 0 Å². The minimum atomic E-state index is 0.649. The molecule has 0 spiro atoms. The maximum atomic E-state index is 2.60. The number of anilines is 2. The van der Waals surface area contributed by atoms with E-state index in [1.54, 1.807) is 0 Å². The monoisotopic (exact) mass is 1120 g/mol. The molecule has 0 atom stereocenters. The second-order valence-electron chi connectivity index (χ2n) is 23.9. The number of hydrogen-bond donors (Lipinski definition) is 0. The number of para-hydroxylation sites is 8. The van der Waals surface area contributed by atoms with Gasteiger partial charge < -0.3 is 27.7 Å². The molecule has 6 nitrogen and oxygen atoms in total. The molecule has 19 rings (SSSR count). The third-order valence-electron chi connectivity index (χ3n) is 19.2. The van der Waals surface area contributed by atoms with Gasteiger partial charge in [-0.2, -0.15) is 0 Å². The summed E-state index contributed by atoms with van der Waals surface area (Å²) in [6, 6.07) is 96.6. The van der Waals surface area contributed by atoms with Crippen molar-refractivity contribution in [2.45, 2.75) is 25.8 Å². The Bertz CT molecular complexity index is 5730. The highest BCUT2D eigenvalue weighted by Gasteiger charge is 2.33. The fourth-order valence-electron chi connectivity index (χ4n) is 15.6. The minimum absolute atomic E-state index is 0.649. The van der Waals surface area contributed by atoms with Gasteiger partial charge in [-0.1, -0.05) is 200 Å². The second kappa shape index (κ2) is 19.1. The SMILES string of the molecule is C1=Cc2c(c3ccccc3n2C2=CC(N3c4ccccc4Cc4c3ccc3c5ccccc5n(Cc5ccccc5)c43)=CC(n3c4ccccc4c4c3ccc3c5ccccc5n(-c5ccccc5)c34)=CC2)-c2c(c3ccccc3n2-c2ccccc2)C1. The van der Waals surface area contributed by atoms with E-state index in [0.717, 1.165) is 53.2 Å². The van der Waals surface area contributed by atoms with E-state index in [2.05, 4.69) is 319 Å². The molecule has 6 heterocycles. The molecule has 88 heavy (non-hydrogen) atoms. The molecule has 16 aromatic rings. The molecule has 0 unspecified atom stereocenters. The lowest BCUT2D eigenvalue weighted by molar-refractivity contribution is 0.862. The predicted molar refractivity (Wildman–Crippen MR) is 368 cm³/mol. The summed E-state index contributed by atoms with van der Waals surface area (Å²) in [6.07, 6.45) is 14.6. The van der Waals surface area contributed by atoms with Crippen molar-refractivity contribution in [3.05, 3.63) is 319 Å². The van der Waals surface area contributed by atoms with Gasteiger partial charge in [0.1, 0.15) is 0 Å².